The van der Waals surface area contributed by atoms with Crippen molar-refractivity contribution in [1.29, 1.82) is 0 Å². The molecule has 1 aliphatic heterocycles. The van der Waals surface area contributed by atoms with Gasteiger partial charge in [-0.1, -0.05) is 0 Å². The van der Waals surface area contributed by atoms with Crippen molar-refractivity contribution in [1.82, 2.24) is 4.98 Å². The highest BCUT2D eigenvalue weighted by Crippen LogP contribution is 2.31. The van der Waals surface area contributed by atoms with Crippen LogP contribution in [0.4, 0.5) is 10.2 Å². The molecule has 1 aliphatic rings. The van der Waals surface area contributed by atoms with Crippen LogP contribution in [0.15, 0.2) is 12.3 Å². The van der Waals surface area contributed by atoms with Gasteiger partial charge in [0.05, 0.1) is 6.20 Å². The first-order chi connectivity index (χ1) is 6.48. The van der Waals surface area contributed by atoms with Crippen LogP contribution >= 0.6 is 0 Å². The summed E-state index contributed by atoms with van der Waals surface area (Å²) in [5, 5.41) is 0. The van der Waals surface area contributed by atoms with Crippen LogP contribution in [0.1, 0.15) is 26.3 Å². The summed E-state index contributed by atoms with van der Waals surface area (Å²) in [4.78, 5) is 6.38. The van der Waals surface area contributed by atoms with E-state index in [0.29, 0.717) is 0 Å². The van der Waals surface area contributed by atoms with E-state index in [2.05, 4.69) is 30.7 Å². The van der Waals surface area contributed by atoms with Crippen LogP contribution in [0.5, 0.6) is 0 Å². The van der Waals surface area contributed by atoms with Gasteiger partial charge in [0.15, 0.2) is 0 Å². The number of nitrogens with zero attached hydrogens (tertiary/aromatic N) is 2. The summed E-state index contributed by atoms with van der Waals surface area (Å²) >= 11 is 0. The maximum atomic E-state index is 12.9. The van der Waals surface area contributed by atoms with Crippen molar-refractivity contribution in [3.63, 3.8) is 0 Å². The summed E-state index contributed by atoms with van der Waals surface area (Å²) in [5.74, 6) is 0.707. The molecule has 0 atom stereocenters. The van der Waals surface area contributed by atoms with Gasteiger partial charge < -0.3 is 4.90 Å². The van der Waals surface area contributed by atoms with E-state index in [-0.39, 0.29) is 11.4 Å². The predicted octanol–water partition coefficient (Wildman–Crippen LogP) is 2.38. The number of anilines is 1. The lowest BCUT2D eigenvalue weighted by Crippen LogP contribution is -2.40. The molecule has 0 saturated carbocycles. The molecule has 0 amide bonds. The molecule has 2 heterocycles. The molecule has 0 fully saturated rings. The zero-order valence-electron chi connectivity index (χ0n) is 8.84. The Labute approximate surface area is 83.8 Å². The number of hydrogen-bond acceptors (Lipinski definition) is 2. The summed E-state index contributed by atoms with van der Waals surface area (Å²) in [6.45, 7) is 7.38. The van der Waals surface area contributed by atoms with Crippen molar-refractivity contribution in [2.24, 2.45) is 0 Å². The molecule has 0 bridgehead atoms. The van der Waals surface area contributed by atoms with Gasteiger partial charge in [-0.2, -0.15) is 0 Å². The number of hydrogen-bond donors (Lipinski definition) is 0. The van der Waals surface area contributed by atoms with E-state index in [1.165, 1.54) is 6.20 Å². The maximum Gasteiger partial charge on any atom is 0.141 e. The molecule has 0 spiro atoms. The van der Waals surface area contributed by atoms with E-state index in [0.717, 1.165) is 24.3 Å². The Morgan fingerprint density at radius 2 is 2.14 bits per heavy atom. The van der Waals surface area contributed by atoms with Gasteiger partial charge in [-0.05, 0) is 38.8 Å². The van der Waals surface area contributed by atoms with Gasteiger partial charge >= 0.3 is 0 Å². The molecule has 0 aromatic carbocycles. The lowest BCUT2D eigenvalue weighted by molar-refractivity contribution is 0.514. The van der Waals surface area contributed by atoms with Crippen LogP contribution in [0, 0.1) is 5.82 Å². The number of pyridine rings is 1. The molecule has 0 radical (unpaired) electrons. The summed E-state index contributed by atoms with van der Waals surface area (Å²) in [5.41, 5.74) is 1.09. The topological polar surface area (TPSA) is 16.1 Å². The zero-order valence-corrected chi connectivity index (χ0v) is 8.84. The average Bonchev–Trinajstić information content (AvgIpc) is 2.45. The van der Waals surface area contributed by atoms with Gasteiger partial charge in [-0.25, -0.2) is 9.37 Å². The normalized spacial score (nSPS) is 15.9. The van der Waals surface area contributed by atoms with E-state index in [9.17, 15) is 4.39 Å². The van der Waals surface area contributed by atoms with Gasteiger partial charge in [0.25, 0.3) is 0 Å². The Kier molecular flexibility index (Phi) is 1.98. The lowest BCUT2D eigenvalue weighted by atomic mass is 10.1. The Hall–Kier alpha value is -1.12. The minimum Gasteiger partial charge on any atom is -0.351 e. The standard InChI is InChI=1S/C11H15FN2/c1-11(2,3)14-5-4-8-6-9(12)7-13-10(8)14/h6-7H,4-5H2,1-3H3. The predicted molar refractivity (Wildman–Crippen MR) is 55.0 cm³/mol. The first-order valence-corrected chi connectivity index (χ1v) is 4.90. The van der Waals surface area contributed by atoms with Crippen LogP contribution in [-0.4, -0.2) is 17.1 Å². The van der Waals surface area contributed by atoms with E-state index in [1.807, 2.05) is 0 Å². The van der Waals surface area contributed by atoms with Crippen LogP contribution in [0.3, 0.4) is 0 Å². The first kappa shape index (κ1) is 9.44. The van der Waals surface area contributed by atoms with Crippen molar-refractivity contribution in [3.05, 3.63) is 23.6 Å². The van der Waals surface area contributed by atoms with Crippen molar-refractivity contribution in [2.45, 2.75) is 32.7 Å². The number of fused-ring (bicyclic) bond motifs is 1. The summed E-state index contributed by atoms with van der Waals surface area (Å²) in [6.07, 6.45) is 2.19. The molecule has 14 heavy (non-hydrogen) atoms. The molecular weight excluding hydrogens is 179 g/mol. The molecule has 2 nitrogen and oxygen atoms in total. The Morgan fingerprint density at radius 3 is 2.79 bits per heavy atom. The van der Waals surface area contributed by atoms with Crippen molar-refractivity contribution < 1.29 is 4.39 Å². The van der Waals surface area contributed by atoms with Crippen molar-refractivity contribution in [3.8, 4) is 0 Å². The Morgan fingerprint density at radius 1 is 1.43 bits per heavy atom. The van der Waals surface area contributed by atoms with Crippen LogP contribution < -0.4 is 4.90 Å². The number of aromatic nitrogens is 1. The molecule has 76 valence electrons. The van der Waals surface area contributed by atoms with E-state index < -0.39 is 0 Å². The smallest absolute Gasteiger partial charge is 0.141 e. The summed E-state index contributed by atoms with van der Waals surface area (Å²) in [6, 6.07) is 1.59. The molecule has 0 N–H and O–H groups in total. The SMILES string of the molecule is CC(C)(C)N1CCc2cc(F)cnc21. The highest BCUT2D eigenvalue weighted by atomic mass is 19.1. The highest BCUT2D eigenvalue weighted by molar-refractivity contribution is 5.53. The fraction of sp³-hybridized carbons (Fsp3) is 0.545. The van der Waals surface area contributed by atoms with E-state index in [4.69, 9.17) is 0 Å². The van der Waals surface area contributed by atoms with E-state index >= 15 is 0 Å². The van der Waals surface area contributed by atoms with Gasteiger partial charge in [0, 0.05) is 12.1 Å². The highest BCUT2D eigenvalue weighted by Gasteiger charge is 2.29. The molecule has 3 heteroatoms. The van der Waals surface area contributed by atoms with Crippen LogP contribution in [-0.2, 0) is 6.42 Å². The number of rotatable bonds is 0. The second-order valence-corrected chi connectivity index (χ2v) is 4.71. The molecule has 0 aliphatic carbocycles. The monoisotopic (exact) mass is 194 g/mol. The minimum absolute atomic E-state index is 0.0656. The zero-order chi connectivity index (χ0) is 10.3. The molecular formula is C11H15FN2. The number of halogens is 1. The summed E-state index contributed by atoms with van der Waals surface area (Å²) < 4.78 is 12.9. The Bertz CT molecular complexity index is 355. The fourth-order valence-corrected chi connectivity index (χ4v) is 1.89. The third-order valence-electron chi connectivity index (χ3n) is 2.58. The first-order valence-electron chi connectivity index (χ1n) is 4.90. The van der Waals surface area contributed by atoms with Gasteiger partial charge in [-0.15, -0.1) is 0 Å². The van der Waals surface area contributed by atoms with E-state index in [1.54, 1.807) is 6.07 Å². The molecule has 2 rings (SSSR count). The maximum absolute atomic E-state index is 12.9. The fourth-order valence-electron chi connectivity index (χ4n) is 1.89. The Balaban J connectivity index is 2.41. The third-order valence-corrected chi connectivity index (χ3v) is 2.58. The quantitative estimate of drug-likeness (QED) is 0.630. The third kappa shape index (κ3) is 1.47. The van der Waals surface area contributed by atoms with Gasteiger partial charge in [0.1, 0.15) is 11.6 Å². The molecule has 0 unspecified atom stereocenters. The van der Waals surface area contributed by atoms with Crippen molar-refractivity contribution in [2.75, 3.05) is 11.4 Å². The summed E-state index contributed by atoms with van der Waals surface area (Å²) in [7, 11) is 0. The lowest BCUT2D eigenvalue weighted by Gasteiger charge is -2.33. The average molecular weight is 194 g/mol. The second kappa shape index (κ2) is 2.94. The molecule has 1 aromatic heterocycles. The van der Waals surface area contributed by atoms with Crippen LogP contribution in [0.25, 0.3) is 0 Å². The molecule has 0 saturated heterocycles. The largest absolute Gasteiger partial charge is 0.351 e. The van der Waals surface area contributed by atoms with Crippen molar-refractivity contribution >= 4 is 5.82 Å². The van der Waals surface area contributed by atoms with Gasteiger partial charge in [0.2, 0.25) is 0 Å². The van der Waals surface area contributed by atoms with Crippen LogP contribution in [0.2, 0.25) is 0 Å². The second-order valence-electron chi connectivity index (χ2n) is 4.71. The van der Waals surface area contributed by atoms with Gasteiger partial charge in [-0.3, -0.25) is 0 Å². The minimum atomic E-state index is -0.237. The molecule has 1 aromatic rings.